The average molecular weight is 329 g/mol. The summed E-state index contributed by atoms with van der Waals surface area (Å²) in [7, 11) is 1.70. The summed E-state index contributed by atoms with van der Waals surface area (Å²) in [6, 6.07) is 8.09. The highest BCUT2D eigenvalue weighted by atomic mass is 16.5. The van der Waals surface area contributed by atoms with Crippen LogP contribution in [0.25, 0.3) is 10.9 Å². The van der Waals surface area contributed by atoms with Gasteiger partial charge in [-0.15, -0.1) is 0 Å². The molecule has 0 radical (unpaired) electrons. The Morgan fingerprint density at radius 1 is 1.00 bits per heavy atom. The summed E-state index contributed by atoms with van der Waals surface area (Å²) in [6.07, 6.45) is 9.40. The van der Waals surface area contributed by atoms with E-state index >= 15 is 0 Å². The van der Waals surface area contributed by atoms with Crippen molar-refractivity contribution in [3.05, 3.63) is 30.5 Å². The van der Waals surface area contributed by atoms with Crippen LogP contribution < -0.4 is 15.4 Å². The van der Waals surface area contributed by atoms with Gasteiger partial charge in [-0.3, -0.25) is 4.98 Å². The van der Waals surface area contributed by atoms with Crippen LogP contribution in [-0.2, 0) is 0 Å². The molecule has 0 saturated carbocycles. The summed E-state index contributed by atoms with van der Waals surface area (Å²) in [5, 5.41) is 8.13. The Bertz CT molecular complexity index is 600. The second kappa shape index (κ2) is 10.9. The van der Waals surface area contributed by atoms with Crippen LogP contribution in [0.4, 0.5) is 5.69 Å². The summed E-state index contributed by atoms with van der Waals surface area (Å²) in [5.41, 5.74) is 2.07. The van der Waals surface area contributed by atoms with Gasteiger partial charge >= 0.3 is 0 Å². The lowest BCUT2D eigenvalue weighted by atomic mass is 10.1. The third-order valence-corrected chi connectivity index (χ3v) is 4.22. The van der Waals surface area contributed by atoms with Crippen LogP contribution in [0, 0.1) is 0 Å². The number of unbranched alkanes of at least 4 members (excludes halogenated alkanes) is 4. The van der Waals surface area contributed by atoms with E-state index in [1.807, 2.05) is 24.4 Å². The fraction of sp³-hybridized carbons (Fsp3) is 0.550. The van der Waals surface area contributed by atoms with Crippen LogP contribution in [0.1, 0.15) is 45.4 Å². The number of fused-ring (bicyclic) bond motifs is 1. The van der Waals surface area contributed by atoms with E-state index in [-0.39, 0.29) is 0 Å². The van der Waals surface area contributed by atoms with Crippen LogP contribution in [-0.4, -0.2) is 31.7 Å². The molecule has 2 N–H and O–H groups in total. The zero-order valence-electron chi connectivity index (χ0n) is 15.1. The van der Waals surface area contributed by atoms with Crippen molar-refractivity contribution in [1.82, 2.24) is 10.3 Å². The fourth-order valence-corrected chi connectivity index (χ4v) is 2.80. The lowest BCUT2D eigenvalue weighted by Crippen LogP contribution is -2.16. The molecule has 1 heterocycles. The van der Waals surface area contributed by atoms with E-state index < -0.39 is 0 Å². The topological polar surface area (TPSA) is 46.2 Å². The molecular formula is C20H31N3O. The molecule has 0 atom stereocenters. The van der Waals surface area contributed by atoms with Crippen molar-refractivity contribution in [2.75, 3.05) is 32.1 Å². The molecule has 0 aliphatic heterocycles. The highest BCUT2D eigenvalue weighted by molar-refractivity contribution is 5.91. The molecule has 4 nitrogen and oxygen atoms in total. The number of methoxy groups -OCH3 is 1. The maximum atomic E-state index is 5.39. The van der Waals surface area contributed by atoms with Crippen LogP contribution in [0.3, 0.4) is 0 Å². The second-order valence-electron chi connectivity index (χ2n) is 6.19. The zero-order valence-corrected chi connectivity index (χ0v) is 15.1. The number of anilines is 1. The highest BCUT2D eigenvalue weighted by Crippen LogP contribution is 2.27. The zero-order chi connectivity index (χ0) is 17.0. The first-order valence-electron chi connectivity index (χ1n) is 9.22. The molecule has 132 valence electrons. The number of nitrogens with zero attached hydrogens (tertiary/aromatic N) is 1. The van der Waals surface area contributed by atoms with Crippen molar-refractivity contribution in [2.24, 2.45) is 0 Å². The number of rotatable bonds is 12. The molecule has 0 spiro atoms. The van der Waals surface area contributed by atoms with Crippen LogP contribution in [0.15, 0.2) is 30.5 Å². The molecule has 0 fully saturated rings. The summed E-state index contributed by atoms with van der Waals surface area (Å²) in [5.74, 6) is 0.871. The minimum Gasteiger partial charge on any atom is -0.497 e. The maximum absolute atomic E-state index is 5.39. The predicted octanol–water partition coefficient (Wildman–Crippen LogP) is 4.61. The Kier molecular flexibility index (Phi) is 8.39. The van der Waals surface area contributed by atoms with Crippen LogP contribution in [0.2, 0.25) is 0 Å². The Morgan fingerprint density at radius 2 is 1.79 bits per heavy atom. The second-order valence-corrected chi connectivity index (χ2v) is 6.19. The number of ether oxygens (including phenoxy) is 1. The van der Waals surface area contributed by atoms with Gasteiger partial charge in [0.2, 0.25) is 0 Å². The van der Waals surface area contributed by atoms with E-state index in [0.29, 0.717) is 0 Å². The first-order valence-corrected chi connectivity index (χ1v) is 9.22. The van der Waals surface area contributed by atoms with Gasteiger partial charge in [0.05, 0.1) is 18.3 Å². The highest BCUT2D eigenvalue weighted by Gasteiger charge is 2.05. The molecule has 1 aromatic heterocycles. The van der Waals surface area contributed by atoms with Gasteiger partial charge in [0, 0.05) is 24.2 Å². The van der Waals surface area contributed by atoms with Crippen molar-refractivity contribution < 1.29 is 4.74 Å². The van der Waals surface area contributed by atoms with E-state index in [2.05, 4.69) is 28.6 Å². The Morgan fingerprint density at radius 3 is 2.58 bits per heavy atom. The smallest absolute Gasteiger partial charge is 0.121 e. The van der Waals surface area contributed by atoms with Crippen molar-refractivity contribution in [1.29, 1.82) is 0 Å². The summed E-state index contributed by atoms with van der Waals surface area (Å²) in [6.45, 7) is 5.52. The largest absolute Gasteiger partial charge is 0.497 e. The van der Waals surface area contributed by atoms with Crippen molar-refractivity contribution in [2.45, 2.75) is 45.4 Å². The molecule has 1 aromatic carbocycles. The fourth-order valence-electron chi connectivity index (χ4n) is 2.80. The Labute approximate surface area is 146 Å². The van der Waals surface area contributed by atoms with E-state index in [4.69, 9.17) is 4.74 Å². The van der Waals surface area contributed by atoms with Gasteiger partial charge in [-0.25, -0.2) is 0 Å². The number of benzene rings is 1. The molecule has 0 aliphatic carbocycles. The van der Waals surface area contributed by atoms with Crippen LogP contribution in [0.5, 0.6) is 5.75 Å². The number of aromatic nitrogens is 1. The molecular weight excluding hydrogens is 298 g/mol. The van der Waals surface area contributed by atoms with E-state index in [0.717, 1.165) is 42.0 Å². The first-order chi connectivity index (χ1) is 11.8. The summed E-state index contributed by atoms with van der Waals surface area (Å²) < 4.78 is 5.39. The molecule has 24 heavy (non-hydrogen) atoms. The molecule has 2 aromatic rings. The van der Waals surface area contributed by atoms with Gasteiger partial charge in [0.15, 0.2) is 0 Å². The molecule has 0 bridgehead atoms. The van der Waals surface area contributed by atoms with Crippen molar-refractivity contribution in [3.63, 3.8) is 0 Å². The lowest BCUT2D eigenvalue weighted by Gasteiger charge is -2.11. The van der Waals surface area contributed by atoms with Gasteiger partial charge in [-0.1, -0.05) is 32.3 Å². The monoisotopic (exact) mass is 329 g/mol. The number of hydrogen-bond donors (Lipinski definition) is 2. The molecule has 0 amide bonds. The number of pyridine rings is 1. The van der Waals surface area contributed by atoms with Gasteiger partial charge in [-0.05, 0) is 44.5 Å². The molecule has 0 unspecified atom stereocenters. The normalized spacial score (nSPS) is 10.9. The standard InChI is InChI=1S/C20H31N3O/c1-3-4-11-21-12-7-5-6-8-13-22-19-16-18(24-2)15-17-10-9-14-23-20(17)19/h9-10,14-16,21-22H,3-8,11-13H2,1-2H3. The van der Waals surface area contributed by atoms with Gasteiger partial charge in [0.25, 0.3) is 0 Å². The third kappa shape index (κ3) is 6.00. The molecule has 0 aliphatic rings. The SMILES string of the molecule is CCCCNCCCCCCNc1cc(OC)cc2cccnc12. The van der Waals surface area contributed by atoms with Gasteiger partial charge in [-0.2, -0.15) is 0 Å². The Balaban J connectivity index is 1.70. The number of nitrogens with one attached hydrogen (secondary N) is 2. The molecule has 2 rings (SSSR count). The predicted molar refractivity (Wildman–Crippen MR) is 103 cm³/mol. The Hall–Kier alpha value is -1.81. The number of hydrogen-bond acceptors (Lipinski definition) is 4. The van der Waals surface area contributed by atoms with E-state index in [1.165, 1.54) is 38.5 Å². The quantitative estimate of drug-likeness (QED) is 0.558. The summed E-state index contributed by atoms with van der Waals surface area (Å²) >= 11 is 0. The maximum Gasteiger partial charge on any atom is 0.121 e. The lowest BCUT2D eigenvalue weighted by molar-refractivity contribution is 0.415. The molecule has 4 heteroatoms. The first kappa shape index (κ1) is 18.5. The van der Waals surface area contributed by atoms with Crippen LogP contribution >= 0.6 is 0 Å². The summed E-state index contributed by atoms with van der Waals surface area (Å²) in [4.78, 5) is 4.49. The molecule has 0 saturated heterocycles. The van der Waals surface area contributed by atoms with Crippen molar-refractivity contribution >= 4 is 16.6 Å². The van der Waals surface area contributed by atoms with Gasteiger partial charge in [0.1, 0.15) is 5.75 Å². The van der Waals surface area contributed by atoms with Gasteiger partial charge < -0.3 is 15.4 Å². The third-order valence-electron chi connectivity index (χ3n) is 4.22. The minimum absolute atomic E-state index is 0.871. The van der Waals surface area contributed by atoms with Crippen molar-refractivity contribution in [3.8, 4) is 5.75 Å². The van der Waals surface area contributed by atoms with E-state index in [1.54, 1.807) is 7.11 Å². The minimum atomic E-state index is 0.871. The van der Waals surface area contributed by atoms with E-state index in [9.17, 15) is 0 Å². The average Bonchev–Trinajstić information content (AvgIpc) is 2.62.